The van der Waals surface area contributed by atoms with Gasteiger partial charge in [0.15, 0.2) is 0 Å². The van der Waals surface area contributed by atoms with E-state index in [1.807, 2.05) is 51.8 Å². The standard InChI is InChI=1S/C17H15ClFIN2O/c18-12-2-1-3-14(10-12)21-6-8-22(9-7-21)17(23)15-5-4-13(19)11-16(15)20/h1-5,10-11H,6-9H2. The van der Waals surface area contributed by atoms with Gasteiger partial charge in [-0.25, -0.2) is 4.39 Å². The molecule has 6 heteroatoms. The van der Waals surface area contributed by atoms with E-state index in [0.717, 1.165) is 18.8 Å². The molecular formula is C17H15ClFIN2O. The zero-order valence-electron chi connectivity index (χ0n) is 12.3. The number of anilines is 1. The Morgan fingerprint density at radius 2 is 1.83 bits per heavy atom. The molecule has 1 aliphatic rings. The summed E-state index contributed by atoms with van der Waals surface area (Å²) in [5.41, 5.74) is 1.63. The summed E-state index contributed by atoms with van der Waals surface area (Å²) in [7, 11) is 0. The van der Waals surface area contributed by atoms with Crippen LogP contribution in [0.1, 0.15) is 10.4 Å². The molecule has 1 fully saturated rings. The molecule has 1 saturated heterocycles. The van der Waals surface area contributed by atoms with Crippen LogP contribution in [0.3, 0.4) is 0 Å². The second-order valence-electron chi connectivity index (χ2n) is 5.38. The van der Waals surface area contributed by atoms with Crippen molar-refractivity contribution in [2.24, 2.45) is 0 Å². The van der Waals surface area contributed by atoms with Crippen LogP contribution in [0.4, 0.5) is 10.1 Å². The van der Waals surface area contributed by atoms with Crippen molar-refractivity contribution in [3.8, 4) is 0 Å². The fourth-order valence-corrected chi connectivity index (χ4v) is 3.57. The minimum atomic E-state index is -0.322. The number of halogens is 3. The van der Waals surface area contributed by atoms with Crippen molar-refractivity contribution in [3.63, 3.8) is 0 Å². The molecular weight excluding hydrogens is 430 g/mol. The highest BCUT2D eigenvalue weighted by Gasteiger charge is 2.23. The number of benzene rings is 2. The maximum Gasteiger partial charge on any atom is 0.255 e. The van der Waals surface area contributed by atoms with E-state index in [0.29, 0.717) is 27.2 Å². The number of hydrogen-bond acceptors (Lipinski definition) is 2. The lowest BCUT2D eigenvalue weighted by Gasteiger charge is -2.36. The summed E-state index contributed by atoms with van der Waals surface area (Å²) in [5, 5.41) is 0.710. The van der Waals surface area contributed by atoms with E-state index in [1.165, 1.54) is 12.1 Å². The summed E-state index contributed by atoms with van der Waals surface area (Å²) >= 11 is 8.03. The van der Waals surface area contributed by atoms with Crippen molar-refractivity contribution in [1.29, 1.82) is 0 Å². The van der Waals surface area contributed by atoms with Crippen molar-refractivity contribution < 1.29 is 9.18 Å². The Kier molecular flexibility index (Phi) is 5.06. The highest BCUT2D eigenvalue weighted by molar-refractivity contribution is 14.1. The summed E-state index contributed by atoms with van der Waals surface area (Å²) < 4.78 is 13.8. The third-order valence-electron chi connectivity index (χ3n) is 3.90. The molecule has 0 N–H and O–H groups in total. The van der Waals surface area contributed by atoms with Crippen molar-refractivity contribution in [1.82, 2.24) is 4.90 Å². The number of nitrogens with zero attached hydrogens (tertiary/aromatic N) is 2. The van der Waals surface area contributed by atoms with Crippen LogP contribution >= 0.6 is 34.2 Å². The first kappa shape index (κ1) is 16.5. The van der Waals surface area contributed by atoms with Gasteiger partial charge in [-0.1, -0.05) is 17.7 Å². The second-order valence-corrected chi connectivity index (χ2v) is 6.98. The molecule has 3 rings (SSSR count). The van der Waals surface area contributed by atoms with E-state index in [9.17, 15) is 9.18 Å². The van der Waals surface area contributed by atoms with E-state index >= 15 is 0 Å². The Hall–Kier alpha value is -1.34. The topological polar surface area (TPSA) is 23.6 Å². The molecule has 0 saturated carbocycles. The Labute approximate surface area is 153 Å². The van der Waals surface area contributed by atoms with Crippen LogP contribution in [-0.4, -0.2) is 37.0 Å². The summed E-state index contributed by atoms with van der Waals surface area (Å²) in [4.78, 5) is 16.6. The van der Waals surface area contributed by atoms with Gasteiger partial charge in [0.1, 0.15) is 5.82 Å². The van der Waals surface area contributed by atoms with E-state index < -0.39 is 0 Å². The summed E-state index contributed by atoms with van der Waals surface area (Å²) in [6.07, 6.45) is 0. The normalized spacial score (nSPS) is 14.9. The molecule has 0 bridgehead atoms. The predicted octanol–water partition coefficient (Wildman–Crippen LogP) is 4.05. The molecule has 2 aromatic carbocycles. The minimum Gasteiger partial charge on any atom is -0.368 e. The molecule has 120 valence electrons. The summed E-state index contributed by atoms with van der Waals surface area (Å²) in [5.74, 6) is -0.364. The fraction of sp³-hybridized carbons (Fsp3) is 0.235. The van der Waals surface area contributed by atoms with Crippen LogP contribution < -0.4 is 4.90 Å². The Balaban J connectivity index is 1.68. The second kappa shape index (κ2) is 7.05. The first-order chi connectivity index (χ1) is 11.0. The lowest BCUT2D eigenvalue weighted by atomic mass is 10.1. The predicted molar refractivity (Wildman–Crippen MR) is 98.7 cm³/mol. The number of hydrogen-bond donors (Lipinski definition) is 0. The number of amides is 1. The van der Waals surface area contributed by atoms with Gasteiger partial charge in [-0.2, -0.15) is 0 Å². The van der Waals surface area contributed by atoms with Crippen LogP contribution in [-0.2, 0) is 0 Å². The molecule has 0 atom stereocenters. The number of carbonyl (C=O) groups excluding carboxylic acids is 1. The summed E-state index contributed by atoms with van der Waals surface area (Å²) in [6, 6.07) is 12.0. The van der Waals surface area contributed by atoms with Crippen molar-refractivity contribution in [3.05, 3.63) is 62.4 Å². The van der Waals surface area contributed by atoms with Gasteiger partial charge in [0.25, 0.3) is 5.91 Å². The third kappa shape index (κ3) is 3.77. The number of piperazine rings is 1. The van der Waals surface area contributed by atoms with Crippen LogP contribution in [0.2, 0.25) is 5.02 Å². The van der Waals surface area contributed by atoms with Gasteiger partial charge in [0.2, 0.25) is 0 Å². The SMILES string of the molecule is O=C(c1ccc(F)cc1I)N1CCN(c2cccc(Cl)c2)CC1. The molecule has 23 heavy (non-hydrogen) atoms. The molecule has 0 spiro atoms. The molecule has 0 unspecified atom stereocenters. The smallest absolute Gasteiger partial charge is 0.255 e. The fourth-order valence-electron chi connectivity index (χ4n) is 2.67. The molecule has 0 aliphatic carbocycles. The zero-order chi connectivity index (χ0) is 16.4. The molecule has 1 amide bonds. The number of carbonyl (C=O) groups is 1. The quantitative estimate of drug-likeness (QED) is 0.653. The molecule has 3 nitrogen and oxygen atoms in total. The average molecular weight is 445 g/mol. The van der Waals surface area contributed by atoms with Gasteiger partial charge in [-0.05, 0) is 59.0 Å². The molecule has 2 aromatic rings. The lowest BCUT2D eigenvalue weighted by molar-refractivity contribution is 0.0745. The van der Waals surface area contributed by atoms with E-state index in [1.54, 1.807) is 6.07 Å². The van der Waals surface area contributed by atoms with Gasteiger partial charge in [0, 0.05) is 40.5 Å². The lowest BCUT2D eigenvalue weighted by Crippen LogP contribution is -2.49. The molecule has 1 heterocycles. The van der Waals surface area contributed by atoms with E-state index in [4.69, 9.17) is 11.6 Å². The van der Waals surface area contributed by atoms with E-state index in [-0.39, 0.29) is 11.7 Å². The zero-order valence-corrected chi connectivity index (χ0v) is 15.2. The van der Waals surface area contributed by atoms with Crippen LogP contribution in [0.5, 0.6) is 0 Å². The maximum atomic E-state index is 13.2. The van der Waals surface area contributed by atoms with Crippen LogP contribution in [0, 0.1) is 9.39 Å². The molecule has 0 radical (unpaired) electrons. The Bertz CT molecular complexity index is 732. The highest BCUT2D eigenvalue weighted by atomic mass is 127. The van der Waals surface area contributed by atoms with Crippen molar-refractivity contribution in [2.75, 3.05) is 31.1 Å². The summed E-state index contributed by atoms with van der Waals surface area (Å²) in [6.45, 7) is 2.78. The van der Waals surface area contributed by atoms with Gasteiger partial charge in [0.05, 0.1) is 5.56 Å². The highest BCUT2D eigenvalue weighted by Crippen LogP contribution is 2.22. The monoisotopic (exact) mass is 444 g/mol. The first-order valence-corrected chi connectivity index (χ1v) is 8.75. The van der Waals surface area contributed by atoms with Crippen LogP contribution in [0.25, 0.3) is 0 Å². The van der Waals surface area contributed by atoms with Gasteiger partial charge in [-0.3, -0.25) is 4.79 Å². The average Bonchev–Trinajstić information content (AvgIpc) is 2.54. The molecule has 0 aromatic heterocycles. The third-order valence-corrected chi connectivity index (χ3v) is 5.03. The van der Waals surface area contributed by atoms with Crippen molar-refractivity contribution in [2.45, 2.75) is 0 Å². The largest absolute Gasteiger partial charge is 0.368 e. The Morgan fingerprint density at radius 1 is 1.09 bits per heavy atom. The van der Waals surface area contributed by atoms with Gasteiger partial charge < -0.3 is 9.80 Å². The number of rotatable bonds is 2. The van der Waals surface area contributed by atoms with Crippen LogP contribution in [0.15, 0.2) is 42.5 Å². The first-order valence-electron chi connectivity index (χ1n) is 7.29. The Morgan fingerprint density at radius 3 is 2.48 bits per heavy atom. The van der Waals surface area contributed by atoms with Crippen molar-refractivity contribution >= 4 is 45.8 Å². The molecule has 1 aliphatic heterocycles. The minimum absolute atomic E-state index is 0.0415. The van der Waals surface area contributed by atoms with Gasteiger partial charge in [-0.15, -0.1) is 0 Å². The van der Waals surface area contributed by atoms with E-state index in [2.05, 4.69) is 4.90 Å². The van der Waals surface area contributed by atoms with Gasteiger partial charge >= 0.3 is 0 Å². The maximum absolute atomic E-state index is 13.2.